The van der Waals surface area contributed by atoms with Crippen LogP contribution in [0.1, 0.15) is 32.7 Å². The van der Waals surface area contributed by atoms with E-state index in [2.05, 4.69) is 17.2 Å². The second kappa shape index (κ2) is 7.24. The third-order valence-electron chi connectivity index (χ3n) is 5.07. The number of fused-ring (bicyclic) bond motifs is 1. The Kier molecular flexibility index (Phi) is 4.77. The number of hydrogen-bond donors (Lipinski definition) is 2. The van der Waals surface area contributed by atoms with Crippen LogP contribution in [0.5, 0.6) is 0 Å². The van der Waals surface area contributed by atoms with Gasteiger partial charge in [0.2, 0.25) is 17.6 Å². The first-order valence-electron chi connectivity index (χ1n) is 9.25. The van der Waals surface area contributed by atoms with E-state index in [9.17, 15) is 14.4 Å². The van der Waals surface area contributed by atoms with Crippen LogP contribution in [0.25, 0.3) is 10.9 Å². The summed E-state index contributed by atoms with van der Waals surface area (Å²) < 4.78 is 0. The standard InChI is InChI=1S/C21H21N3O3S/c1-3-12-8-9-17(28-12)20(26)19-14(13-6-4-5-7-15(13)23-19)10-16-21(27)24(2)11-18(25)22-16/h4-9,16,23H,3,10-11H2,1-2H3,(H,22,25)/t16-/m1/s1. The van der Waals surface area contributed by atoms with Gasteiger partial charge in [-0.2, -0.15) is 0 Å². The van der Waals surface area contributed by atoms with Crippen molar-refractivity contribution < 1.29 is 14.4 Å². The number of rotatable bonds is 5. The Labute approximate surface area is 166 Å². The fourth-order valence-corrected chi connectivity index (χ4v) is 4.52. The van der Waals surface area contributed by atoms with Crippen molar-refractivity contribution in [1.29, 1.82) is 0 Å². The molecule has 28 heavy (non-hydrogen) atoms. The fourth-order valence-electron chi connectivity index (χ4n) is 3.62. The SMILES string of the molecule is CCc1ccc(C(=O)c2[nH]c3ccccc3c2C[C@H]2NC(=O)CN(C)C2=O)s1. The summed E-state index contributed by atoms with van der Waals surface area (Å²) in [4.78, 5) is 44.2. The van der Waals surface area contributed by atoms with E-state index in [1.54, 1.807) is 7.05 Å². The van der Waals surface area contributed by atoms with Crippen molar-refractivity contribution in [3.63, 3.8) is 0 Å². The van der Waals surface area contributed by atoms with Gasteiger partial charge in [-0.3, -0.25) is 14.4 Å². The van der Waals surface area contributed by atoms with Gasteiger partial charge in [0, 0.05) is 29.2 Å². The maximum absolute atomic E-state index is 13.2. The zero-order valence-corrected chi connectivity index (χ0v) is 16.6. The predicted molar refractivity (Wildman–Crippen MR) is 109 cm³/mol. The topological polar surface area (TPSA) is 82.3 Å². The number of aromatic amines is 1. The molecule has 1 aliphatic heterocycles. The second-order valence-corrected chi connectivity index (χ2v) is 8.16. The first kappa shape index (κ1) is 18.4. The highest BCUT2D eigenvalue weighted by atomic mass is 32.1. The molecule has 0 saturated carbocycles. The summed E-state index contributed by atoms with van der Waals surface area (Å²) in [5.74, 6) is -0.419. The highest BCUT2D eigenvalue weighted by Gasteiger charge is 2.32. The van der Waals surface area contributed by atoms with Crippen molar-refractivity contribution in [3.8, 4) is 0 Å². The number of piperazine rings is 1. The van der Waals surface area contributed by atoms with Crippen LogP contribution in [-0.2, 0) is 22.4 Å². The fraction of sp³-hybridized carbons (Fsp3) is 0.286. The number of nitrogens with one attached hydrogen (secondary N) is 2. The molecule has 1 aromatic carbocycles. The van der Waals surface area contributed by atoms with Gasteiger partial charge in [-0.05, 0) is 30.2 Å². The van der Waals surface area contributed by atoms with Gasteiger partial charge in [0.15, 0.2) is 0 Å². The van der Waals surface area contributed by atoms with Crippen LogP contribution >= 0.6 is 11.3 Å². The zero-order chi connectivity index (χ0) is 19.8. The number of likely N-dealkylation sites (N-methyl/N-ethyl adjacent to an activating group) is 1. The summed E-state index contributed by atoms with van der Waals surface area (Å²) in [6, 6.07) is 10.8. The minimum atomic E-state index is -0.674. The lowest BCUT2D eigenvalue weighted by atomic mass is 9.98. The minimum absolute atomic E-state index is 0.0595. The Morgan fingerprint density at radius 2 is 2.00 bits per heavy atom. The molecule has 4 rings (SSSR count). The van der Waals surface area contributed by atoms with Crippen LogP contribution in [0.15, 0.2) is 36.4 Å². The van der Waals surface area contributed by atoms with Gasteiger partial charge < -0.3 is 15.2 Å². The highest BCUT2D eigenvalue weighted by molar-refractivity contribution is 7.14. The maximum Gasteiger partial charge on any atom is 0.245 e. The molecule has 2 aromatic heterocycles. The van der Waals surface area contributed by atoms with Gasteiger partial charge in [0.05, 0.1) is 17.1 Å². The maximum atomic E-state index is 13.2. The summed E-state index contributed by atoms with van der Waals surface area (Å²) in [5, 5.41) is 3.66. The summed E-state index contributed by atoms with van der Waals surface area (Å²) in [6.45, 7) is 2.12. The van der Waals surface area contributed by atoms with E-state index in [-0.39, 0.29) is 30.6 Å². The number of para-hydroxylation sites is 1. The number of thiophene rings is 1. The quantitative estimate of drug-likeness (QED) is 0.652. The first-order valence-corrected chi connectivity index (χ1v) is 10.1. The summed E-state index contributed by atoms with van der Waals surface area (Å²) in [6.07, 6.45) is 1.15. The van der Waals surface area contributed by atoms with Gasteiger partial charge in [0.1, 0.15) is 6.04 Å². The monoisotopic (exact) mass is 395 g/mol. The van der Waals surface area contributed by atoms with Crippen LogP contribution in [0.4, 0.5) is 0 Å². The molecule has 144 valence electrons. The zero-order valence-electron chi connectivity index (χ0n) is 15.7. The normalized spacial score (nSPS) is 17.2. The van der Waals surface area contributed by atoms with Crippen LogP contribution < -0.4 is 5.32 Å². The number of ketones is 1. The van der Waals surface area contributed by atoms with E-state index in [1.165, 1.54) is 16.2 Å². The second-order valence-electron chi connectivity index (χ2n) is 6.99. The van der Waals surface area contributed by atoms with Gasteiger partial charge in [-0.15, -0.1) is 11.3 Å². The number of amides is 2. The molecule has 7 heteroatoms. The lowest BCUT2D eigenvalue weighted by Gasteiger charge is -2.29. The average molecular weight is 395 g/mol. The molecule has 1 fully saturated rings. The van der Waals surface area contributed by atoms with Crippen LogP contribution in [0.3, 0.4) is 0 Å². The van der Waals surface area contributed by atoms with E-state index in [1.807, 2.05) is 36.4 Å². The van der Waals surface area contributed by atoms with E-state index in [4.69, 9.17) is 0 Å². The van der Waals surface area contributed by atoms with Crippen molar-refractivity contribution >= 4 is 39.8 Å². The van der Waals surface area contributed by atoms with Gasteiger partial charge >= 0.3 is 0 Å². The van der Waals surface area contributed by atoms with E-state index in [0.29, 0.717) is 10.6 Å². The molecule has 1 saturated heterocycles. The Hall–Kier alpha value is -2.93. The number of aryl methyl sites for hydroxylation is 1. The van der Waals surface area contributed by atoms with E-state index >= 15 is 0 Å². The highest BCUT2D eigenvalue weighted by Crippen LogP contribution is 2.28. The Morgan fingerprint density at radius 1 is 1.21 bits per heavy atom. The number of hydrogen-bond acceptors (Lipinski definition) is 4. The number of H-pyrrole nitrogens is 1. The first-order chi connectivity index (χ1) is 13.5. The summed E-state index contributed by atoms with van der Waals surface area (Å²) >= 11 is 1.49. The molecular formula is C21H21N3O3S. The Balaban J connectivity index is 1.76. The number of benzene rings is 1. The minimum Gasteiger partial charge on any atom is -0.352 e. The van der Waals surface area contributed by atoms with Crippen LogP contribution in [0.2, 0.25) is 0 Å². The summed E-state index contributed by atoms with van der Waals surface area (Å²) in [5.41, 5.74) is 2.10. The molecule has 0 spiro atoms. The summed E-state index contributed by atoms with van der Waals surface area (Å²) in [7, 11) is 1.62. The third kappa shape index (κ3) is 3.22. The molecule has 2 amide bonds. The molecule has 2 N–H and O–H groups in total. The van der Waals surface area contributed by atoms with Gasteiger partial charge in [-0.1, -0.05) is 25.1 Å². The molecule has 1 aliphatic rings. The average Bonchev–Trinajstić information content (AvgIpc) is 3.30. The van der Waals surface area contributed by atoms with Crippen molar-refractivity contribution in [3.05, 3.63) is 57.4 Å². The van der Waals surface area contributed by atoms with Crippen molar-refractivity contribution in [2.75, 3.05) is 13.6 Å². The third-order valence-corrected chi connectivity index (χ3v) is 6.30. The molecule has 6 nitrogen and oxygen atoms in total. The van der Waals surface area contributed by atoms with Gasteiger partial charge in [0.25, 0.3) is 0 Å². The molecule has 1 atom stereocenters. The molecule has 0 bridgehead atoms. The van der Waals surface area contributed by atoms with Crippen molar-refractivity contribution in [2.24, 2.45) is 0 Å². The van der Waals surface area contributed by atoms with Crippen LogP contribution in [-0.4, -0.2) is 47.1 Å². The van der Waals surface area contributed by atoms with Gasteiger partial charge in [-0.25, -0.2) is 0 Å². The number of nitrogens with zero attached hydrogens (tertiary/aromatic N) is 1. The number of carbonyl (C=O) groups excluding carboxylic acids is 3. The lowest BCUT2D eigenvalue weighted by Crippen LogP contribution is -2.57. The van der Waals surface area contributed by atoms with Crippen molar-refractivity contribution in [1.82, 2.24) is 15.2 Å². The smallest absolute Gasteiger partial charge is 0.245 e. The Morgan fingerprint density at radius 3 is 2.75 bits per heavy atom. The molecule has 3 aromatic rings. The number of carbonyl (C=O) groups is 3. The largest absolute Gasteiger partial charge is 0.352 e. The van der Waals surface area contributed by atoms with E-state index in [0.717, 1.165) is 27.8 Å². The van der Waals surface area contributed by atoms with Crippen molar-refractivity contribution in [2.45, 2.75) is 25.8 Å². The molecular weight excluding hydrogens is 374 g/mol. The Bertz CT molecular complexity index is 1080. The molecule has 0 unspecified atom stereocenters. The lowest BCUT2D eigenvalue weighted by molar-refractivity contribution is -0.142. The van der Waals surface area contributed by atoms with Crippen LogP contribution in [0, 0.1) is 0 Å². The molecule has 3 heterocycles. The molecule has 0 aliphatic carbocycles. The van der Waals surface area contributed by atoms with E-state index < -0.39 is 6.04 Å². The molecule has 0 radical (unpaired) electrons. The number of aromatic nitrogens is 1. The predicted octanol–water partition coefficient (Wildman–Crippen LogP) is 2.52.